The van der Waals surface area contributed by atoms with Crippen LogP contribution < -0.4 is 21.3 Å². The van der Waals surface area contributed by atoms with Crippen molar-refractivity contribution in [2.75, 3.05) is 0 Å². The van der Waals surface area contributed by atoms with Crippen molar-refractivity contribution < 1.29 is 28.7 Å². The molecule has 0 bridgehead atoms. The number of amides is 4. The zero-order valence-corrected chi connectivity index (χ0v) is 28.8. The number of esters is 1. The van der Waals surface area contributed by atoms with Gasteiger partial charge in [-0.15, -0.1) is 0 Å². The van der Waals surface area contributed by atoms with Gasteiger partial charge in [0.05, 0.1) is 0 Å². The van der Waals surface area contributed by atoms with Gasteiger partial charge in [-0.05, 0) is 83.2 Å². The fourth-order valence-corrected chi connectivity index (χ4v) is 5.26. The van der Waals surface area contributed by atoms with E-state index < -0.39 is 59.9 Å². The maximum atomic E-state index is 13.8. The van der Waals surface area contributed by atoms with Gasteiger partial charge in [-0.2, -0.15) is 0 Å². The Morgan fingerprint density at radius 3 is 1.65 bits per heavy atom. The van der Waals surface area contributed by atoms with E-state index in [0.717, 1.165) is 9.13 Å². The van der Waals surface area contributed by atoms with Crippen molar-refractivity contribution in [1.82, 2.24) is 21.3 Å². The Balaban J connectivity index is 2.60. The minimum atomic E-state index is -1.16. The van der Waals surface area contributed by atoms with Crippen LogP contribution in [0.2, 0.25) is 0 Å². The lowest BCUT2D eigenvalue weighted by Gasteiger charge is -2.28. The van der Waals surface area contributed by atoms with Gasteiger partial charge in [0, 0.05) is 9.99 Å². The third kappa shape index (κ3) is 12.1. The lowest BCUT2D eigenvalue weighted by molar-refractivity contribution is -0.160. The predicted octanol–water partition coefficient (Wildman–Crippen LogP) is 3.49. The molecule has 1 fully saturated rings. The van der Waals surface area contributed by atoms with Crippen molar-refractivity contribution in [2.24, 2.45) is 23.7 Å². The first-order chi connectivity index (χ1) is 20.1. The number of carbonyl (C=O) groups excluding carboxylic acids is 5. The molecule has 240 valence electrons. The van der Waals surface area contributed by atoms with Gasteiger partial charge >= 0.3 is 5.97 Å². The molecule has 1 unspecified atom stereocenters. The average Bonchev–Trinajstić information content (AvgIpc) is 2.89. The van der Waals surface area contributed by atoms with Crippen molar-refractivity contribution in [1.29, 1.82) is 0 Å². The highest BCUT2D eigenvalue weighted by atomic mass is 127. The van der Waals surface area contributed by atoms with Gasteiger partial charge in [0.2, 0.25) is 17.7 Å². The molecule has 0 aliphatic carbocycles. The van der Waals surface area contributed by atoms with E-state index in [2.05, 4.69) is 43.9 Å². The standard InChI is InChI=1S/C32H49IN4O6/c1-17(2)13-23-28(38)34-24(16-21-9-11-22(33)12-10-21)29(39)36-25(14-18(3)4)32(42)43-26(15-19(5)6)30(40)37-27(20(7)8)31(41)35-23/h9-12,17-20,23-27H,13-16H2,1-8H3,(H,34,38)(H,35,41)(H,36,39)(H,37,40)/t23-,24-,25-,26-,27?/m0/s1. The summed E-state index contributed by atoms with van der Waals surface area (Å²) < 4.78 is 6.77. The first-order valence-electron chi connectivity index (χ1n) is 15.2. The molecule has 1 saturated heterocycles. The first kappa shape index (κ1) is 36.5. The molecule has 2 rings (SSSR count). The summed E-state index contributed by atoms with van der Waals surface area (Å²) in [5.74, 6) is -3.17. The number of hydrogen-bond donors (Lipinski definition) is 4. The average molecular weight is 713 g/mol. The number of ether oxygens (including phenoxy) is 1. The van der Waals surface area contributed by atoms with Crippen LogP contribution in [-0.4, -0.2) is 59.9 Å². The summed E-state index contributed by atoms with van der Waals surface area (Å²) in [6.07, 6.45) is -0.160. The monoisotopic (exact) mass is 712 g/mol. The van der Waals surface area contributed by atoms with Crippen LogP contribution in [-0.2, 0) is 35.1 Å². The summed E-state index contributed by atoms with van der Waals surface area (Å²) in [6.45, 7) is 15.1. The number of benzene rings is 1. The minimum absolute atomic E-state index is 0.00524. The summed E-state index contributed by atoms with van der Waals surface area (Å²) in [7, 11) is 0. The zero-order valence-electron chi connectivity index (χ0n) is 26.7. The second-order valence-electron chi connectivity index (χ2n) is 13.1. The Labute approximate surface area is 269 Å². The molecule has 0 saturated carbocycles. The van der Waals surface area contributed by atoms with Crippen LogP contribution in [0.4, 0.5) is 0 Å². The molecule has 1 heterocycles. The van der Waals surface area contributed by atoms with Crippen LogP contribution in [0.25, 0.3) is 0 Å². The van der Waals surface area contributed by atoms with E-state index in [9.17, 15) is 24.0 Å². The van der Waals surface area contributed by atoms with Crippen LogP contribution >= 0.6 is 22.6 Å². The fourth-order valence-electron chi connectivity index (χ4n) is 4.90. The van der Waals surface area contributed by atoms with Crippen molar-refractivity contribution in [3.8, 4) is 0 Å². The Bertz CT molecular complexity index is 1120. The number of rotatable bonds is 9. The molecule has 1 aliphatic heterocycles. The Hall–Kier alpha value is -2.70. The Kier molecular flexibility index (Phi) is 14.4. The molecule has 4 N–H and O–H groups in total. The lowest BCUT2D eigenvalue weighted by Crippen LogP contribution is -2.59. The molecular weight excluding hydrogens is 663 g/mol. The van der Waals surface area contributed by atoms with E-state index in [1.54, 1.807) is 13.8 Å². The van der Waals surface area contributed by atoms with E-state index in [1.165, 1.54) is 0 Å². The van der Waals surface area contributed by atoms with Crippen LogP contribution in [0, 0.1) is 27.2 Å². The zero-order chi connectivity index (χ0) is 32.4. The molecule has 11 heteroatoms. The summed E-state index contributed by atoms with van der Waals surface area (Å²) in [6, 6.07) is 3.60. The van der Waals surface area contributed by atoms with Crippen LogP contribution in [0.1, 0.15) is 80.2 Å². The van der Waals surface area contributed by atoms with Crippen molar-refractivity contribution in [2.45, 2.75) is 111 Å². The molecule has 4 amide bonds. The third-order valence-corrected chi connectivity index (χ3v) is 7.84. The highest BCUT2D eigenvalue weighted by Crippen LogP contribution is 2.16. The number of nitrogens with one attached hydrogen (secondary N) is 4. The Morgan fingerprint density at radius 1 is 0.628 bits per heavy atom. The SMILES string of the molecule is CC(C)C[C@@H]1NC(=O)C(C(C)C)NC(=O)[C@H](CC(C)C)OC(=O)[C@H](CC(C)C)NC(=O)[C@H](Cc2ccc(I)cc2)NC1=O. The molecule has 1 aromatic carbocycles. The first-order valence-corrected chi connectivity index (χ1v) is 16.3. The van der Waals surface area contributed by atoms with E-state index >= 15 is 0 Å². The van der Waals surface area contributed by atoms with Crippen molar-refractivity contribution in [3.05, 3.63) is 33.4 Å². The van der Waals surface area contributed by atoms with Gasteiger partial charge in [0.25, 0.3) is 5.91 Å². The largest absolute Gasteiger partial charge is 0.451 e. The van der Waals surface area contributed by atoms with E-state index in [0.29, 0.717) is 6.42 Å². The fraction of sp³-hybridized carbons (Fsp3) is 0.656. The smallest absolute Gasteiger partial charge is 0.329 e. The van der Waals surface area contributed by atoms with Crippen LogP contribution in [0.15, 0.2) is 24.3 Å². The molecule has 5 atom stereocenters. The lowest BCUT2D eigenvalue weighted by atomic mass is 9.98. The van der Waals surface area contributed by atoms with Gasteiger partial charge in [0.15, 0.2) is 6.10 Å². The van der Waals surface area contributed by atoms with Gasteiger partial charge in [-0.25, -0.2) is 4.79 Å². The highest BCUT2D eigenvalue weighted by Gasteiger charge is 2.37. The van der Waals surface area contributed by atoms with E-state index in [-0.39, 0.29) is 42.9 Å². The number of hydrogen-bond acceptors (Lipinski definition) is 6. The predicted molar refractivity (Wildman–Crippen MR) is 174 cm³/mol. The number of carbonyl (C=O) groups is 5. The third-order valence-electron chi connectivity index (χ3n) is 7.12. The highest BCUT2D eigenvalue weighted by molar-refractivity contribution is 14.1. The Morgan fingerprint density at radius 2 is 1.12 bits per heavy atom. The molecule has 1 aromatic rings. The van der Waals surface area contributed by atoms with E-state index in [4.69, 9.17) is 4.74 Å². The molecule has 43 heavy (non-hydrogen) atoms. The summed E-state index contributed by atoms with van der Waals surface area (Å²) in [5.41, 5.74) is 0.817. The molecule has 10 nitrogen and oxygen atoms in total. The molecule has 0 spiro atoms. The minimum Gasteiger partial charge on any atom is -0.451 e. The van der Waals surface area contributed by atoms with Gasteiger partial charge in [-0.1, -0.05) is 67.5 Å². The molecule has 0 radical (unpaired) electrons. The summed E-state index contributed by atoms with van der Waals surface area (Å²) >= 11 is 2.19. The van der Waals surface area contributed by atoms with Gasteiger partial charge < -0.3 is 26.0 Å². The molecular formula is C32H49IN4O6. The van der Waals surface area contributed by atoms with Gasteiger partial charge in [-0.3, -0.25) is 19.2 Å². The van der Waals surface area contributed by atoms with Gasteiger partial charge in [0.1, 0.15) is 24.2 Å². The second kappa shape index (κ2) is 17.0. The number of halogens is 1. The quantitative estimate of drug-likeness (QED) is 0.228. The maximum absolute atomic E-state index is 13.8. The summed E-state index contributed by atoms with van der Waals surface area (Å²) in [4.78, 5) is 67.9. The number of cyclic esters (lactones) is 1. The van der Waals surface area contributed by atoms with Crippen LogP contribution in [0.3, 0.4) is 0 Å². The topological polar surface area (TPSA) is 143 Å². The van der Waals surface area contributed by atoms with Crippen LogP contribution in [0.5, 0.6) is 0 Å². The van der Waals surface area contributed by atoms with E-state index in [1.807, 2.05) is 65.8 Å². The normalized spacial score (nSPS) is 24.7. The summed E-state index contributed by atoms with van der Waals surface area (Å²) in [5, 5.41) is 11.2. The maximum Gasteiger partial charge on any atom is 0.329 e. The second-order valence-corrected chi connectivity index (χ2v) is 14.3. The molecule has 1 aliphatic rings. The molecule has 0 aromatic heterocycles. The van der Waals surface area contributed by atoms with Crippen molar-refractivity contribution in [3.63, 3.8) is 0 Å². The van der Waals surface area contributed by atoms with Crippen molar-refractivity contribution >= 4 is 52.2 Å².